The Hall–Kier alpha value is -5.10. The molecule has 17 heteroatoms. The van der Waals surface area contributed by atoms with E-state index in [9.17, 15) is 32.7 Å². The van der Waals surface area contributed by atoms with Crippen molar-refractivity contribution < 1.29 is 32.6 Å². The maximum absolute atomic E-state index is 13.2. The summed E-state index contributed by atoms with van der Waals surface area (Å²) in [5.41, 5.74) is 6.22. The number of alkyl halides is 3. The third-order valence-electron chi connectivity index (χ3n) is 13.3. The lowest BCUT2D eigenvalue weighted by Crippen LogP contribution is -2.46. The molecule has 2 amide bonds. The number of benzene rings is 2. The molecule has 14 nitrogen and oxygen atoms in total. The van der Waals surface area contributed by atoms with Crippen molar-refractivity contribution in [3.63, 3.8) is 0 Å². The summed E-state index contributed by atoms with van der Waals surface area (Å²) in [7, 11) is 3.19. The maximum Gasteiger partial charge on any atom is 0.391 e. The van der Waals surface area contributed by atoms with Crippen LogP contribution >= 0.6 is 0 Å². The van der Waals surface area contributed by atoms with E-state index in [4.69, 9.17) is 9.72 Å². The number of piperazine rings is 1. The summed E-state index contributed by atoms with van der Waals surface area (Å²) in [6.07, 6.45) is 4.36. The molecule has 0 spiro atoms. The molecule has 1 aliphatic carbocycles. The molecule has 2 atom stereocenters. The molecule has 2 aliphatic heterocycles. The zero-order valence-electron chi connectivity index (χ0n) is 37.0. The summed E-state index contributed by atoms with van der Waals surface area (Å²) in [4.78, 5) is 53.3. The van der Waals surface area contributed by atoms with Gasteiger partial charge in [0.2, 0.25) is 11.9 Å². The van der Waals surface area contributed by atoms with E-state index in [2.05, 4.69) is 55.1 Å². The molecule has 5 aromatic rings. The molecule has 3 aromatic heterocycles. The summed E-state index contributed by atoms with van der Waals surface area (Å²) in [6.45, 7) is 8.62. The summed E-state index contributed by atoms with van der Waals surface area (Å²) in [5, 5.41) is 13.8. The minimum atomic E-state index is -4.29. The fourth-order valence-corrected chi connectivity index (χ4v) is 9.66. The number of piperidine rings is 1. The maximum atomic E-state index is 13.2. The van der Waals surface area contributed by atoms with Crippen molar-refractivity contribution in [1.29, 1.82) is 0 Å². The highest BCUT2D eigenvalue weighted by atomic mass is 19.4. The Morgan fingerprint density at radius 1 is 0.891 bits per heavy atom. The van der Waals surface area contributed by atoms with E-state index in [1.165, 1.54) is 24.1 Å². The number of carbonyl (C=O) groups is 2. The number of likely N-dealkylation sites (N-methyl/N-ethyl adjacent to an activating group) is 1. The van der Waals surface area contributed by atoms with Gasteiger partial charge in [-0.3, -0.25) is 28.5 Å². The normalized spacial score (nSPS) is 21.0. The highest BCUT2D eigenvalue weighted by Gasteiger charge is 2.35. The van der Waals surface area contributed by atoms with E-state index >= 15 is 0 Å². The van der Waals surface area contributed by atoms with Crippen LogP contribution in [0.1, 0.15) is 87.9 Å². The van der Waals surface area contributed by atoms with E-state index in [0.717, 1.165) is 104 Å². The monoisotopic (exact) mass is 887 g/mol. The second-order valence-corrected chi connectivity index (χ2v) is 18.0. The quantitative estimate of drug-likeness (QED) is 0.0838. The Kier molecular flexibility index (Phi) is 13.9. The van der Waals surface area contributed by atoms with Crippen LogP contribution in [-0.2, 0) is 34.3 Å². The standard InChI is InChI=1S/C47H60F3N9O5/c1-31(27-47(48,49)50)52-45-51-28-37-38(30-58(43(37)53-45)35-12-14-36(60)15-13-35)34-10-7-33(8-11-34)29-57-22-20-56(21-23-57)19-5-25-64-24-4-6-32-9-16-39-41(26-32)54(2)46(63)59(39)40-17-18-42(61)55(3)44(40)62/h7-11,16,26,28,30-31,35-36,40,60H,4-6,12-15,17-25,27,29H2,1-3H3,(H,51,52,53)/t31-,35-,36-,40?/m0/s1. The third-order valence-corrected chi connectivity index (χ3v) is 13.3. The lowest BCUT2D eigenvalue weighted by Gasteiger charge is -2.34. The molecule has 2 saturated heterocycles. The van der Waals surface area contributed by atoms with Crippen LogP contribution in [0.2, 0.25) is 0 Å². The number of rotatable bonds is 16. The number of hydrogen-bond donors (Lipinski definition) is 2. The first-order chi connectivity index (χ1) is 30.7. The molecule has 3 fully saturated rings. The van der Waals surface area contributed by atoms with E-state index in [0.29, 0.717) is 43.6 Å². The van der Waals surface area contributed by atoms with Gasteiger partial charge in [0.15, 0.2) is 0 Å². The average molecular weight is 888 g/mol. The van der Waals surface area contributed by atoms with Gasteiger partial charge in [0.1, 0.15) is 11.7 Å². The van der Waals surface area contributed by atoms with Crippen LogP contribution in [0.25, 0.3) is 33.2 Å². The summed E-state index contributed by atoms with van der Waals surface area (Å²) < 4.78 is 50.4. The molecule has 0 radical (unpaired) electrons. The van der Waals surface area contributed by atoms with E-state index < -0.39 is 24.7 Å². The van der Waals surface area contributed by atoms with Gasteiger partial charge in [-0.15, -0.1) is 0 Å². The SMILES string of the molecule is C[C@@H](CC(F)(F)F)Nc1ncc2c(-c3ccc(CN4CCN(CCCOCCCc5ccc6c(c5)n(C)c(=O)n6C5CCC(=O)N(C)C5=O)CC4)cc3)cn([C@H]3CC[C@H](O)CC3)c2n1. The fourth-order valence-electron chi connectivity index (χ4n) is 9.66. The summed E-state index contributed by atoms with van der Waals surface area (Å²) in [6, 6.07) is 13.1. The number of halogens is 3. The van der Waals surface area contributed by atoms with Crippen molar-refractivity contribution in [2.45, 2.75) is 108 Å². The van der Waals surface area contributed by atoms with Gasteiger partial charge < -0.3 is 24.6 Å². The van der Waals surface area contributed by atoms with Gasteiger partial charge >= 0.3 is 11.9 Å². The number of anilines is 1. The lowest BCUT2D eigenvalue weighted by atomic mass is 9.93. The Labute approximate surface area is 371 Å². The lowest BCUT2D eigenvalue weighted by molar-refractivity contribution is -0.149. The van der Waals surface area contributed by atoms with Crippen LogP contribution < -0.4 is 11.0 Å². The third kappa shape index (κ3) is 10.4. The smallest absolute Gasteiger partial charge is 0.391 e. The zero-order chi connectivity index (χ0) is 45.1. The number of likely N-dealkylation sites (tertiary alicyclic amines) is 1. The number of ether oxygens (including phenoxy) is 1. The van der Waals surface area contributed by atoms with Crippen LogP contribution in [0.4, 0.5) is 19.1 Å². The topological polar surface area (TPSA) is 143 Å². The molecule has 1 unspecified atom stereocenters. The second-order valence-electron chi connectivity index (χ2n) is 18.0. The molecular weight excluding hydrogens is 828 g/mol. The molecule has 2 N–H and O–H groups in total. The molecule has 1 saturated carbocycles. The number of fused-ring (bicyclic) bond motifs is 2. The van der Waals surface area contributed by atoms with Gasteiger partial charge in [0, 0.05) is 108 Å². The number of imide groups is 1. The predicted octanol–water partition coefficient (Wildman–Crippen LogP) is 6.46. The van der Waals surface area contributed by atoms with Crippen LogP contribution in [-0.4, -0.2) is 127 Å². The Morgan fingerprint density at radius 2 is 1.59 bits per heavy atom. The number of carbonyl (C=O) groups excluding carboxylic acids is 2. The van der Waals surface area contributed by atoms with Crippen LogP contribution in [0.3, 0.4) is 0 Å². The molecule has 5 heterocycles. The zero-order valence-corrected chi connectivity index (χ0v) is 37.0. The number of aliphatic hydroxyl groups is 1. The largest absolute Gasteiger partial charge is 0.393 e. The van der Waals surface area contributed by atoms with Gasteiger partial charge in [-0.2, -0.15) is 18.2 Å². The van der Waals surface area contributed by atoms with Crippen molar-refractivity contribution in [3.8, 4) is 11.1 Å². The van der Waals surface area contributed by atoms with Crippen molar-refractivity contribution >= 4 is 39.8 Å². The van der Waals surface area contributed by atoms with Gasteiger partial charge in [-0.05, 0) is 87.1 Å². The molecule has 64 heavy (non-hydrogen) atoms. The number of aromatic nitrogens is 5. The number of nitrogens with zero attached hydrogens (tertiary/aromatic N) is 8. The summed E-state index contributed by atoms with van der Waals surface area (Å²) in [5.74, 6) is -0.398. The van der Waals surface area contributed by atoms with Gasteiger partial charge in [-0.25, -0.2) is 9.78 Å². The molecule has 344 valence electrons. The van der Waals surface area contributed by atoms with Crippen LogP contribution in [0.15, 0.2) is 59.7 Å². The number of aryl methyl sites for hydroxylation is 2. The molecular formula is C47H60F3N9O5. The number of amides is 2. The number of hydrogen-bond acceptors (Lipinski definition) is 10. The van der Waals surface area contributed by atoms with E-state index in [1.54, 1.807) is 17.8 Å². The van der Waals surface area contributed by atoms with Crippen molar-refractivity contribution in [1.82, 2.24) is 38.4 Å². The van der Waals surface area contributed by atoms with Crippen LogP contribution in [0.5, 0.6) is 0 Å². The Morgan fingerprint density at radius 3 is 2.33 bits per heavy atom. The van der Waals surface area contributed by atoms with Gasteiger partial charge in [0.25, 0.3) is 5.91 Å². The number of aliphatic hydroxyl groups excluding tert-OH is 1. The van der Waals surface area contributed by atoms with Crippen LogP contribution in [0, 0.1) is 0 Å². The Balaban J connectivity index is 0.777. The first-order valence-corrected chi connectivity index (χ1v) is 22.7. The molecule has 2 aromatic carbocycles. The minimum absolute atomic E-state index is 0.126. The van der Waals surface area contributed by atoms with Crippen molar-refractivity contribution in [2.75, 3.05) is 58.3 Å². The Bertz CT molecular complexity index is 2480. The van der Waals surface area contributed by atoms with E-state index in [1.807, 2.05) is 18.2 Å². The molecule has 8 rings (SSSR count). The molecule has 0 bridgehead atoms. The van der Waals surface area contributed by atoms with Gasteiger partial charge in [-0.1, -0.05) is 30.3 Å². The summed E-state index contributed by atoms with van der Waals surface area (Å²) >= 11 is 0. The first-order valence-electron chi connectivity index (χ1n) is 22.7. The van der Waals surface area contributed by atoms with Crippen molar-refractivity contribution in [3.05, 3.63) is 76.5 Å². The average Bonchev–Trinajstić information content (AvgIpc) is 3.76. The van der Waals surface area contributed by atoms with Gasteiger partial charge in [0.05, 0.1) is 23.6 Å². The highest BCUT2D eigenvalue weighted by Crippen LogP contribution is 2.37. The highest BCUT2D eigenvalue weighted by molar-refractivity contribution is 6.00. The molecule has 3 aliphatic rings. The number of nitrogens with one attached hydrogen (secondary N) is 1. The minimum Gasteiger partial charge on any atom is -0.393 e. The van der Waals surface area contributed by atoms with E-state index in [-0.39, 0.29) is 42.0 Å². The fraction of sp³-hybridized carbons (Fsp3) is 0.553. The predicted molar refractivity (Wildman–Crippen MR) is 239 cm³/mol. The first kappa shape index (κ1) is 45.5. The number of imidazole rings is 1. The van der Waals surface area contributed by atoms with Crippen molar-refractivity contribution in [2.24, 2.45) is 7.05 Å². The second kappa shape index (κ2) is 19.6.